The van der Waals surface area contributed by atoms with Gasteiger partial charge in [-0.3, -0.25) is 4.90 Å². The van der Waals surface area contributed by atoms with E-state index >= 15 is 0 Å². The molecule has 5 heteroatoms. The Bertz CT molecular complexity index is 1010. The van der Waals surface area contributed by atoms with Crippen molar-refractivity contribution in [2.24, 2.45) is 0 Å². The van der Waals surface area contributed by atoms with Crippen molar-refractivity contribution >= 4 is 11.5 Å². The second kappa shape index (κ2) is 6.13. The minimum Gasteiger partial charge on any atom is -0.372 e. The molecule has 4 rings (SSSR count). The van der Waals surface area contributed by atoms with E-state index in [4.69, 9.17) is 0 Å². The summed E-state index contributed by atoms with van der Waals surface area (Å²) in [6, 6.07) is 8.29. The first-order valence-electron chi connectivity index (χ1n) is 9.13. The molecule has 0 saturated heterocycles. The van der Waals surface area contributed by atoms with E-state index in [0.29, 0.717) is 0 Å². The van der Waals surface area contributed by atoms with Crippen molar-refractivity contribution in [3.8, 4) is 11.1 Å². The van der Waals surface area contributed by atoms with Gasteiger partial charge in [0.2, 0.25) is 0 Å². The van der Waals surface area contributed by atoms with Crippen LogP contribution in [0.3, 0.4) is 0 Å². The van der Waals surface area contributed by atoms with Gasteiger partial charge in [0.25, 0.3) is 0 Å². The summed E-state index contributed by atoms with van der Waals surface area (Å²) in [4.78, 5) is 15.1. The lowest BCUT2D eigenvalue weighted by atomic mass is 9.85. The van der Waals surface area contributed by atoms with Crippen LogP contribution in [0.15, 0.2) is 42.9 Å². The molecule has 1 atom stereocenters. The van der Waals surface area contributed by atoms with Crippen molar-refractivity contribution < 1.29 is 5.11 Å². The molecule has 1 aromatic carbocycles. The molecule has 0 aliphatic carbocycles. The summed E-state index contributed by atoms with van der Waals surface area (Å²) in [5.41, 5.74) is 5.94. The Morgan fingerprint density at radius 2 is 1.59 bits per heavy atom. The SMILES string of the molecule is Cc1ncc(-c2ccc3c(c2)N(c2cc(C)c(C)cn2)C(O)C3(C)C)cn1. The van der Waals surface area contributed by atoms with Gasteiger partial charge in [0.05, 0.1) is 0 Å². The summed E-state index contributed by atoms with van der Waals surface area (Å²) in [6.07, 6.45) is 4.84. The Hall–Kier alpha value is -2.79. The largest absolute Gasteiger partial charge is 0.372 e. The molecule has 3 heterocycles. The first-order chi connectivity index (χ1) is 12.8. The van der Waals surface area contributed by atoms with Gasteiger partial charge in [-0.15, -0.1) is 0 Å². The van der Waals surface area contributed by atoms with Crippen molar-refractivity contribution in [3.05, 3.63) is 65.4 Å². The summed E-state index contributed by atoms with van der Waals surface area (Å²) in [7, 11) is 0. The highest BCUT2D eigenvalue weighted by Crippen LogP contribution is 2.48. The molecule has 1 unspecified atom stereocenters. The molecular weight excluding hydrogens is 336 g/mol. The van der Waals surface area contributed by atoms with E-state index in [1.807, 2.05) is 43.4 Å². The summed E-state index contributed by atoms with van der Waals surface area (Å²) < 4.78 is 0. The highest BCUT2D eigenvalue weighted by atomic mass is 16.3. The number of aliphatic hydroxyl groups is 1. The second-order valence-corrected chi connectivity index (χ2v) is 7.84. The molecular formula is C22H24N4O. The number of aryl methyl sites for hydroxylation is 3. The van der Waals surface area contributed by atoms with Crippen molar-refractivity contribution in [2.75, 3.05) is 4.90 Å². The zero-order valence-electron chi connectivity index (χ0n) is 16.4. The average Bonchev–Trinajstić information content (AvgIpc) is 2.84. The fraction of sp³-hybridized carbons (Fsp3) is 0.318. The highest BCUT2D eigenvalue weighted by Gasteiger charge is 2.45. The molecule has 5 nitrogen and oxygen atoms in total. The van der Waals surface area contributed by atoms with Gasteiger partial charge in [-0.2, -0.15) is 0 Å². The average molecular weight is 360 g/mol. The smallest absolute Gasteiger partial charge is 0.141 e. The quantitative estimate of drug-likeness (QED) is 0.742. The lowest BCUT2D eigenvalue weighted by Crippen LogP contribution is -2.39. The van der Waals surface area contributed by atoms with Gasteiger partial charge in [-0.25, -0.2) is 15.0 Å². The van der Waals surface area contributed by atoms with Crippen LogP contribution in [0, 0.1) is 20.8 Å². The summed E-state index contributed by atoms with van der Waals surface area (Å²) in [5.74, 6) is 1.51. The van der Waals surface area contributed by atoms with Crippen LogP contribution >= 0.6 is 0 Å². The third-order valence-electron chi connectivity index (χ3n) is 5.56. The monoisotopic (exact) mass is 360 g/mol. The number of anilines is 2. The van der Waals surface area contributed by atoms with E-state index in [0.717, 1.165) is 45.1 Å². The fourth-order valence-corrected chi connectivity index (χ4v) is 3.58. The lowest BCUT2D eigenvalue weighted by molar-refractivity contribution is 0.118. The number of aromatic nitrogens is 3. The van der Waals surface area contributed by atoms with Crippen molar-refractivity contribution in [2.45, 2.75) is 46.3 Å². The molecule has 0 spiro atoms. The fourth-order valence-electron chi connectivity index (χ4n) is 3.58. The first-order valence-corrected chi connectivity index (χ1v) is 9.13. The van der Waals surface area contributed by atoms with Gasteiger partial charge in [-0.1, -0.05) is 26.0 Å². The number of aliphatic hydroxyl groups excluding tert-OH is 1. The minimum absolute atomic E-state index is 0.405. The first kappa shape index (κ1) is 17.6. The third kappa shape index (κ3) is 2.79. The molecule has 0 fully saturated rings. The van der Waals surface area contributed by atoms with E-state index in [-0.39, 0.29) is 0 Å². The van der Waals surface area contributed by atoms with Gasteiger partial charge < -0.3 is 5.11 Å². The normalized spacial score (nSPS) is 17.9. The Labute approximate surface area is 159 Å². The van der Waals surface area contributed by atoms with E-state index in [2.05, 4.69) is 53.9 Å². The number of nitrogens with zero attached hydrogens (tertiary/aromatic N) is 4. The van der Waals surface area contributed by atoms with Crippen molar-refractivity contribution in [1.29, 1.82) is 0 Å². The maximum Gasteiger partial charge on any atom is 0.141 e. The number of benzene rings is 1. The van der Waals surface area contributed by atoms with E-state index < -0.39 is 11.6 Å². The topological polar surface area (TPSA) is 62.1 Å². The summed E-state index contributed by atoms with van der Waals surface area (Å²) >= 11 is 0. The zero-order chi connectivity index (χ0) is 19.3. The number of hydrogen-bond acceptors (Lipinski definition) is 5. The Morgan fingerprint density at radius 1 is 0.889 bits per heavy atom. The van der Waals surface area contributed by atoms with Gasteiger partial charge in [-0.05, 0) is 55.2 Å². The molecule has 0 saturated carbocycles. The standard InChI is InChI=1S/C22H24N4O/c1-13-8-20(25-10-14(13)2)26-19-9-16(17-11-23-15(3)24-12-17)6-7-18(19)22(4,5)21(26)27/h6-12,21,27H,1-5H3. The molecule has 0 radical (unpaired) electrons. The number of hydrogen-bond donors (Lipinski definition) is 1. The van der Waals surface area contributed by atoms with Crippen LogP contribution in [-0.2, 0) is 5.41 Å². The van der Waals surface area contributed by atoms with E-state index in [1.165, 1.54) is 0 Å². The summed E-state index contributed by atoms with van der Waals surface area (Å²) in [5, 5.41) is 11.1. The third-order valence-corrected chi connectivity index (χ3v) is 5.56. The molecule has 2 aromatic heterocycles. The maximum atomic E-state index is 11.1. The van der Waals surface area contributed by atoms with Gasteiger partial charge in [0.15, 0.2) is 0 Å². The van der Waals surface area contributed by atoms with Crippen LogP contribution in [0.25, 0.3) is 11.1 Å². The number of rotatable bonds is 2. The Kier molecular flexibility index (Phi) is 4.00. The van der Waals surface area contributed by atoms with E-state index in [1.54, 1.807) is 0 Å². The van der Waals surface area contributed by atoms with Crippen LogP contribution < -0.4 is 4.90 Å². The van der Waals surface area contributed by atoms with Crippen molar-refractivity contribution in [3.63, 3.8) is 0 Å². The summed E-state index contributed by atoms with van der Waals surface area (Å²) in [6.45, 7) is 10.1. The zero-order valence-corrected chi connectivity index (χ0v) is 16.4. The van der Waals surface area contributed by atoms with Crippen LogP contribution in [0.1, 0.15) is 36.4 Å². The molecule has 1 aliphatic heterocycles. The van der Waals surface area contributed by atoms with Gasteiger partial charge >= 0.3 is 0 Å². The van der Waals surface area contributed by atoms with Crippen molar-refractivity contribution in [1.82, 2.24) is 15.0 Å². The molecule has 1 N–H and O–H groups in total. The van der Waals surface area contributed by atoms with Gasteiger partial charge in [0, 0.05) is 35.3 Å². The van der Waals surface area contributed by atoms with Gasteiger partial charge in [0.1, 0.15) is 17.9 Å². The minimum atomic E-state index is -0.688. The molecule has 1 aliphatic rings. The van der Waals surface area contributed by atoms with Crippen LogP contribution in [0.4, 0.5) is 11.5 Å². The lowest BCUT2D eigenvalue weighted by Gasteiger charge is -2.29. The predicted molar refractivity (Wildman–Crippen MR) is 107 cm³/mol. The molecule has 0 bridgehead atoms. The second-order valence-electron chi connectivity index (χ2n) is 7.84. The predicted octanol–water partition coefficient (Wildman–Crippen LogP) is 4.21. The van der Waals surface area contributed by atoms with Crippen LogP contribution in [0.2, 0.25) is 0 Å². The molecule has 27 heavy (non-hydrogen) atoms. The van der Waals surface area contributed by atoms with Crippen LogP contribution in [-0.4, -0.2) is 26.3 Å². The molecule has 3 aromatic rings. The van der Waals surface area contributed by atoms with E-state index in [9.17, 15) is 5.11 Å². The Balaban J connectivity index is 1.87. The maximum absolute atomic E-state index is 11.1. The highest BCUT2D eigenvalue weighted by molar-refractivity contribution is 5.78. The number of fused-ring (bicyclic) bond motifs is 1. The molecule has 0 amide bonds. The Morgan fingerprint density at radius 3 is 2.26 bits per heavy atom. The van der Waals surface area contributed by atoms with Crippen LogP contribution in [0.5, 0.6) is 0 Å². The number of pyridine rings is 1. The molecule has 138 valence electrons.